The maximum atomic E-state index is 2.86. The Morgan fingerprint density at radius 1 is 0.690 bits per heavy atom. The van der Waals surface area contributed by atoms with Gasteiger partial charge in [-0.2, -0.15) is 0 Å². The molecule has 2 saturated carbocycles. The highest BCUT2D eigenvalue weighted by Crippen LogP contribution is 2.53. The summed E-state index contributed by atoms with van der Waals surface area (Å²) in [6.45, 7) is 21.4. The van der Waals surface area contributed by atoms with E-state index in [0.717, 1.165) is 5.92 Å². The lowest BCUT2D eigenvalue weighted by atomic mass is 9.63. The summed E-state index contributed by atoms with van der Waals surface area (Å²) in [5, 5.41) is 0. The summed E-state index contributed by atoms with van der Waals surface area (Å²) in [5.41, 5.74) is 1.87. The van der Waals surface area contributed by atoms with E-state index in [4.69, 9.17) is 0 Å². The highest BCUT2D eigenvalue weighted by atomic mass is 15.3. The molecule has 3 heteroatoms. The third kappa shape index (κ3) is 5.04. The van der Waals surface area contributed by atoms with Crippen molar-refractivity contribution in [2.75, 3.05) is 45.8 Å². The van der Waals surface area contributed by atoms with Gasteiger partial charge in [-0.1, -0.05) is 13.8 Å². The van der Waals surface area contributed by atoms with Gasteiger partial charge in [-0.15, -0.1) is 0 Å². The summed E-state index contributed by atoms with van der Waals surface area (Å²) >= 11 is 0. The lowest BCUT2D eigenvalue weighted by molar-refractivity contribution is -0.0340. The molecule has 1 spiro atoms. The standard InChI is InChI=1S/C26H49N3/c1-22(2)20-26(10-11-26)21-27-14-12-25(13-15-27)8-6-24(5,7-9-25)29-18-16-28(17-19-29)23(3)4/h22-23H,6-21H2,1-5H3. The van der Waals surface area contributed by atoms with Crippen molar-refractivity contribution in [3.05, 3.63) is 0 Å². The SMILES string of the molecule is CC(C)CC1(CN2CCC3(CC2)CCC(C)(N2CCN(C(C)C)CC2)CC3)CC1. The maximum absolute atomic E-state index is 2.86. The van der Waals surface area contributed by atoms with Crippen molar-refractivity contribution in [2.24, 2.45) is 16.7 Å². The maximum Gasteiger partial charge on any atom is 0.0182 e. The van der Waals surface area contributed by atoms with Crippen LogP contribution in [0.4, 0.5) is 0 Å². The Hall–Kier alpha value is -0.120. The van der Waals surface area contributed by atoms with Crippen LogP contribution in [-0.2, 0) is 0 Å². The second-order valence-electron chi connectivity index (χ2n) is 12.5. The molecule has 0 aromatic carbocycles. The number of hydrogen-bond donors (Lipinski definition) is 0. The van der Waals surface area contributed by atoms with E-state index >= 15 is 0 Å². The molecular formula is C26H49N3. The first-order valence-corrected chi connectivity index (χ1v) is 12.9. The fourth-order valence-electron chi connectivity index (χ4n) is 7.04. The molecular weight excluding hydrogens is 354 g/mol. The summed E-state index contributed by atoms with van der Waals surface area (Å²) in [6, 6.07) is 0.708. The lowest BCUT2D eigenvalue weighted by Crippen LogP contribution is -2.59. The first-order chi connectivity index (χ1) is 13.7. The monoisotopic (exact) mass is 403 g/mol. The number of piperidine rings is 1. The van der Waals surface area contributed by atoms with Crippen molar-refractivity contribution >= 4 is 0 Å². The van der Waals surface area contributed by atoms with Crippen molar-refractivity contribution in [1.29, 1.82) is 0 Å². The highest BCUT2D eigenvalue weighted by molar-refractivity contribution is 5.01. The summed E-state index contributed by atoms with van der Waals surface area (Å²) in [5.74, 6) is 0.868. The molecule has 0 aromatic rings. The van der Waals surface area contributed by atoms with E-state index in [-0.39, 0.29) is 0 Å². The van der Waals surface area contributed by atoms with Crippen LogP contribution < -0.4 is 0 Å². The van der Waals surface area contributed by atoms with Crippen molar-refractivity contribution in [2.45, 2.75) is 104 Å². The predicted molar refractivity (Wildman–Crippen MR) is 124 cm³/mol. The van der Waals surface area contributed by atoms with Crippen molar-refractivity contribution in [1.82, 2.24) is 14.7 Å². The molecule has 2 aliphatic carbocycles. The molecule has 0 amide bonds. The van der Waals surface area contributed by atoms with Gasteiger partial charge in [0.25, 0.3) is 0 Å². The number of likely N-dealkylation sites (tertiary alicyclic amines) is 1. The molecule has 0 aromatic heterocycles. The smallest absolute Gasteiger partial charge is 0.0182 e. The summed E-state index contributed by atoms with van der Waals surface area (Å²) in [7, 11) is 0. The molecule has 0 atom stereocenters. The van der Waals surface area contributed by atoms with Crippen LogP contribution in [-0.4, -0.2) is 72.1 Å². The molecule has 2 saturated heterocycles. The van der Waals surface area contributed by atoms with E-state index in [1.807, 2.05) is 0 Å². The van der Waals surface area contributed by atoms with Crippen LogP contribution in [0.1, 0.15) is 92.4 Å². The van der Waals surface area contributed by atoms with Crippen LogP contribution in [0, 0.1) is 16.7 Å². The van der Waals surface area contributed by atoms with Crippen LogP contribution in [0.15, 0.2) is 0 Å². The van der Waals surface area contributed by atoms with E-state index in [1.54, 1.807) is 0 Å². The first-order valence-electron chi connectivity index (χ1n) is 12.9. The minimum absolute atomic E-state index is 0.473. The fourth-order valence-corrected chi connectivity index (χ4v) is 7.04. The van der Waals surface area contributed by atoms with Gasteiger partial charge in [0.2, 0.25) is 0 Å². The van der Waals surface area contributed by atoms with Gasteiger partial charge in [-0.25, -0.2) is 0 Å². The fraction of sp³-hybridized carbons (Fsp3) is 1.00. The van der Waals surface area contributed by atoms with E-state index in [0.29, 0.717) is 22.4 Å². The van der Waals surface area contributed by atoms with Crippen LogP contribution in [0.3, 0.4) is 0 Å². The number of rotatable bonds is 6. The van der Waals surface area contributed by atoms with Gasteiger partial charge in [0.15, 0.2) is 0 Å². The number of piperazine rings is 1. The second kappa shape index (κ2) is 8.43. The Labute approximate surface area is 181 Å². The topological polar surface area (TPSA) is 9.72 Å². The first kappa shape index (κ1) is 22.1. The van der Waals surface area contributed by atoms with E-state index < -0.39 is 0 Å². The Kier molecular flexibility index (Phi) is 6.42. The highest BCUT2D eigenvalue weighted by Gasteiger charge is 2.47. The van der Waals surface area contributed by atoms with Crippen molar-refractivity contribution < 1.29 is 0 Å². The van der Waals surface area contributed by atoms with Gasteiger partial charge in [0.05, 0.1) is 0 Å². The molecule has 0 unspecified atom stereocenters. The van der Waals surface area contributed by atoms with E-state index in [9.17, 15) is 0 Å². The Balaban J connectivity index is 1.24. The van der Waals surface area contributed by atoms with Crippen LogP contribution in [0.2, 0.25) is 0 Å². The third-order valence-corrected chi connectivity index (χ3v) is 9.47. The van der Waals surface area contributed by atoms with Crippen LogP contribution in [0.5, 0.6) is 0 Å². The molecule has 3 nitrogen and oxygen atoms in total. The number of nitrogens with zero attached hydrogens (tertiary/aromatic N) is 3. The second-order valence-corrected chi connectivity index (χ2v) is 12.5. The molecule has 4 fully saturated rings. The minimum Gasteiger partial charge on any atom is -0.303 e. The molecule has 0 N–H and O–H groups in total. The molecule has 2 heterocycles. The lowest BCUT2D eigenvalue weighted by Gasteiger charge is -2.54. The quantitative estimate of drug-likeness (QED) is 0.599. The van der Waals surface area contributed by atoms with Gasteiger partial charge >= 0.3 is 0 Å². The molecule has 4 rings (SSSR count). The Bertz CT molecular complexity index is 524. The molecule has 29 heavy (non-hydrogen) atoms. The van der Waals surface area contributed by atoms with Gasteiger partial charge in [-0.3, -0.25) is 9.80 Å². The largest absolute Gasteiger partial charge is 0.303 e. The Morgan fingerprint density at radius 3 is 1.76 bits per heavy atom. The third-order valence-electron chi connectivity index (χ3n) is 9.47. The van der Waals surface area contributed by atoms with Gasteiger partial charge in [0.1, 0.15) is 0 Å². The zero-order valence-electron chi connectivity index (χ0n) is 20.3. The molecule has 168 valence electrons. The summed E-state index contributed by atoms with van der Waals surface area (Å²) in [6.07, 6.45) is 13.2. The average molecular weight is 404 g/mol. The summed E-state index contributed by atoms with van der Waals surface area (Å²) < 4.78 is 0. The van der Waals surface area contributed by atoms with E-state index in [1.165, 1.54) is 104 Å². The van der Waals surface area contributed by atoms with Gasteiger partial charge in [-0.05, 0) is 108 Å². The van der Waals surface area contributed by atoms with Gasteiger partial charge < -0.3 is 4.90 Å². The molecule has 4 aliphatic rings. The zero-order valence-corrected chi connectivity index (χ0v) is 20.3. The Morgan fingerprint density at radius 2 is 1.28 bits per heavy atom. The van der Waals surface area contributed by atoms with Crippen LogP contribution >= 0.6 is 0 Å². The number of hydrogen-bond acceptors (Lipinski definition) is 3. The minimum atomic E-state index is 0.473. The molecule has 0 radical (unpaired) electrons. The summed E-state index contributed by atoms with van der Waals surface area (Å²) in [4.78, 5) is 8.36. The molecule has 0 bridgehead atoms. The zero-order chi connectivity index (χ0) is 20.7. The normalized spacial score (nSPS) is 30.3. The van der Waals surface area contributed by atoms with Gasteiger partial charge in [0, 0.05) is 44.3 Å². The predicted octanol–water partition coefficient (Wildman–Crippen LogP) is 5.25. The average Bonchev–Trinajstić information content (AvgIpc) is 3.44. The van der Waals surface area contributed by atoms with Crippen molar-refractivity contribution in [3.63, 3.8) is 0 Å². The van der Waals surface area contributed by atoms with Crippen molar-refractivity contribution in [3.8, 4) is 0 Å². The molecule has 2 aliphatic heterocycles. The van der Waals surface area contributed by atoms with E-state index in [2.05, 4.69) is 49.3 Å². The van der Waals surface area contributed by atoms with Crippen LogP contribution in [0.25, 0.3) is 0 Å².